The SMILES string of the molecule is CC(CN)(NC(=O)Cc1cc(Cl)c2c(c1)OCCO2)C1CC1. The van der Waals surface area contributed by atoms with Crippen LogP contribution in [0.15, 0.2) is 12.1 Å². The van der Waals surface area contributed by atoms with Gasteiger partial charge in [0.2, 0.25) is 5.91 Å². The summed E-state index contributed by atoms with van der Waals surface area (Å²) >= 11 is 6.19. The number of hydrogen-bond donors (Lipinski definition) is 2. The highest BCUT2D eigenvalue weighted by atomic mass is 35.5. The van der Waals surface area contributed by atoms with E-state index < -0.39 is 0 Å². The van der Waals surface area contributed by atoms with Gasteiger partial charge in [0.25, 0.3) is 0 Å². The van der Waals surface area contributed by atoms with Gasteiger partial charge in [-0.3, -0.25) is 4.79 Å². The molecule has 1 heterocycles. The molecule has 2 aliphatic rings. The van der Waals surface area contributed by atoms with Crippen LogP contribution >= 0.6 is 11.6 Å². The van der Waals surface area contributed by atoms with Crippen molar-refractivity contribution in [3.05, 3.63) is 22.7 Å². The smallest absolute Gasteiger partial charge is 0.224 e. The molecule has 1 unspecified atom stereocenters. The number of carbonyl (C=O) groups excluding carboxylic acids is 1. The molecule has 1 atom stereocenters. The van der Waals surface area contributed by atoms with E-state index in [1.54, 1.807) is 6.07 Å². The Morgan fingerprint density at radius 2 is 2.14 bits per heavy atom. The normalized spacial score (nSPS) is 19.4. The minimum absolute atomic E-state index is 0.0485. The molecule has 0 aromatic heterocycles. The Kier molecular flexibility index (Phi) is 4.19. The van der Waals surface area contributed by atoms with Crippen molar-refractivity contribution in [1.29, 1.82) is 0 Å². The van der Waals surface area contributed by atoms with Gasteiger partial charge in [0.05, 0.1) is 17.0 Å². The van der Waals surface area contributed by atoms with Crippen molar-refractivity contribution >= 4 is 17.5 Å². The molecular weight excluding hydrogens is 304 g/mol. The van der Waals surface area contributed by atoms with Crippen molar-refractivity contribution in [1.82, 2.24) is 5.32 Å². The van der Waals surface area contributed by atoms with E-state index >= 15 is 0 Å². The van der Waals surface area contributed by atoms with E-state index in [4.69, 9.17) is 26.8 Å². The van der Waals surface area contributed by atoms with Crippen LogP contribution in [0.3, 0.4) is 0 Å². The lowest BCUT2D eigenvalue weighted by Crippen LogP contribution is -2.53. The molecule has 22 heavy (non-hydrogen) atoms. The number of nitrogens with two attached hydrogens (primary N) is 1. The van der Waals surface area contributed by atoms with E-state index in [2.05, 4.69) is 5.32 Å². The summed E-state index contributed by atoms with van der Waals surface area (Å²) in [7, 11) is 0. The molecular formula is C16H21ClN2O3. The first-order valence-electron chi connectivity index (χ1n) is 7.61. The van der Waals surface area contributed by atoms with Gasteiger partial charge in [-0.25, -0.2) is 0 Å². The third kappa shape index (κ3) is 3.15. The largest absolute Gasteiger partial charge is 0.486 e. The second kappa shape index (κ2) is 5.97. The zero-order valence-electron chi connectivity index (χ0n) is 12.7. The minimum Gasteiger partial charge on any atom is -0.486 e. The van der Waals surface area contributed by atoms with Gasteiger partial charge in [-0.15, -0.1) is 0 Å². The van der Waals surface area contributed by atoms with Crippen LogP contribution in [0.2, 0.25) is 5.02 Å². The number of benzene rings is 1. The van der Waals surface area contributed by atoms with E-state index in [9.17, 15) is 4.79 Å². The zero-order valence-corrected chi connectivity index (χ0v) is 13.4. The monoisotopic (exact) mass is 324 g/mol. The molecule has 120 valence electrons. The Hall–Kier alpha value is -1.46. The Labute approximate surface area is 135 Å². The predicted octanol–water partition coefficient (Wildman–Crippen LogP) is 1.90. The van der Waals surface area contributed by atoms with Gasteiger partial charge in [-0.2, -0.15) is 0 Å². The molecule has 3 rings (SSSR count). The summed E-state index contributed by atoms with van der Waals surface area (Å²) in [6.45, 7) is 3.44. The number of rotatable bonds is 5. The minimum atomic E-state index is -0.311. The summed E-state index contributed by atoms with van der Waals surface area (Å²) in [5.74, 6) is 1.60. The van der Waals surface area contributed by atoms with E-state index in [-0.39, 0.29) is 17.9 Å². The third-order valence-corrected chi connectivity index (χ3v) is 4.63. The maximum absolute atomic E-state index is 12.3. The fourth-order valence-corrected chi connectivity index (χ4v) is 3.14. The van der Waals surface area contributed by atoms with Gasteiger partial charge in [-0.1, -0.05) is 11.6 Å². The van der Waals surface area contributed by atoms with Crippen molar-refractivity contribution in [3.63, 3.8) is 0 Å². The van der Waals surface area contributed by atoms with Crippen molar-refractivity contribution < 1.29 is 14.3 Å². The number of hydrogen-bond acceptors (Lipinski definition) is 4. The van der Waals surface area contributed by atoms with Crippen molar-refractivity contribution in [3.8, 4) is 11.5 Å². The summed E-state index contributed by atoms with van der Waals surface area (Å²) in [5.41, 5.74) is 6.33. The van der Waals surface area contributed by atoms with Crippen LogP contribution in [-0.2, 0) is 11.2 Å². The average molecular weight is 325 g/mol. The maximum atomic E-state index is 12.3. The lowest BCUT2D eigenvalue weighted by Gasteiger charge is -2.29. The maximum Gasteiger partial charge on any atom is 0.224 e. The van der Waals surface area contributed by atoms with Crippen molar-refractivity contribution in [2.45, 2.75) is 31.7 Å². The molecule has 0 saturated heterocycles. The standard InChI is InChI=1S/C16H21ClN2O3/c1-16(9-18,11-2-3-11)19-14(20)8-10-6-12(17)15-13(7-10)21-4-5-22-15/h6-7,11H,2-5,8-9,18H2,1H3,(H,19,20). The van der Waals surface area contributed by atoms with Gasteiger partial charge < -0.3 is 20.5 Å². The second-order valence-corrected chi connectivity index (χ2v) is 6.63. The van der Waals surface area contributed by atoms with E-state index in [1.165, 1.54) is 0 Å². The van der Waals surface area contributed by atoms with E-state index in [1.807, 2.05) is 13.0 Å². The third-order valence-electron chi connectivity index (χ3n) is 4.35. The first kappa shape index (κ1) is 15.4. The summed E-state index contributed by atoms with van der Waals surface area (Å²) in [6, 6.07) is 3.57. The van der Waals surface area contributed by atoms with Gasteiger partial charge in [0.1, 0.15) is 13.2 Å². The Bertz CT molecular complexity index is 589. The molecule has 1 aliphatic heterocycles. The first-order valence-corrected chi connectivity index (χ1v) is 7.99. The Balaban J connectivity index is 1.70. The van der Waals surface area contributed by atoms with Crippen LogP contribution in [0.1, 0.15) is 25.3 Å². The summed E-state index contributed by atoms with van der Waals surface area (Å²) in [5, 5.41) is 3.55. The van der Waals surface area contributed by atoms with Crippen molar-refractivity contribution in [2.75, 3.05) is 19.8 Å². The highest BCUT2D eigenvalue weighted by Gasteiger charge is 2.41. The molecule has 0 bridgehead atoms. The molecule has 0 spiro atoms. The van der Waals surface area contributed by atoms with Crippen molar-refractivity contribution in [2.24, 2.45) is 11.7 Å². The topological polar surface area (TPSA) is 73.6 Å². The lowest BCUT2D eigenvalue weighted by atomic mass is 9.95. The fourth-order valence-electron chi connectivity index (χ4n) is 2.85. The van der Waals surface area contributed by atoms with E-state index in [0.29, 0.717) is 42.2 Å². The number of ether oxygens (including phenoxy) is 2. The van der Waals surface area contributed by atoms with Crippen LogP contribution in [0, 0.1) is 5.92 Å². The van der Waals surface area contributed by atoms with Crippen LogP contribution in [0.5, 0.6) is 11.5 Å². The highest BCUT2D eigenvalue weighted by molar-refractivity contribution is 6.32. The summed E-state index contributed by atoms with van der Waals surface area (Å²) in [6.07, 6.45) is 2.51. The van der Waals surface area contributed by atoms with Crippen LogP contribution in [-0.4, -0.2) is 31.2 Å². The number of fused-ring (bicyclic) bond motifs is 1. The quantitative estimate of drug-likeness (QED) is 0.867. The highest BCUT2D eigenvalue weighted by Crippen LogP contribution is 2.40. The molecule has 3 N–H and O–H groups in total. The predicted molar refractivity (Wildman–Crippen MR) is 84.5 cm³/mol. The fraction of sp³-hybridized carbons (Fsp3) is 0.562. The summed E-state index contributed by atoms with van der Waals surface area (Å²) < 4.78 is 11.0. The van der Waals surface area contributed by atoms with Gasteiger partial charge in [0, 0.05) is 6.54 Å². The zero-order chi connectivity index (χ0) is 15.7. The molecule has 0 radical (unpaired) electrons. The Morgan fingerprint density at radius 3 is 2.82 bits per heavy atom. The number of amides is 1. The van der Waals surface area contributed by atoms with Crippen LogP contribution in [0.25, 0.3) is 0 Å². The molecule has 1 aromatic rings. The molecule has 1 fully saturated rings. The van der Waals surface area contributed by atoms with Crippen LogP contribution in [0.4, 0.5) is 0 Å². The van der Waals surface area contributed by atoms with Crippen LogP contribution < -0.4 is 20.5 Å². The lowest BCUT2D eigenvalue weighted by molar-refractivity contribution is -0.122. The molecule has 1 aliphatic carbocycles. The summed E-state index contributed by atoms with van der Waals surface area (Å²) in [4.78, 5) is 12.3. The first-order chi connectivity index (χ1) is 10.5. The van der Waals surface area contributed by atoms with Gasteiger partial charge in [-0.05, 0) is 43.4 Å². The molecule has 1 saturated carbocycles. The molecule has 5 nitrogen and oxygen atoms in total. The molecule has 6 heteroatoms. The van der Waals surface area contributed by atoms with E-state index in [0.717, 1.165) is 18.4 Å². The average Bonchev–Trinajstić information content (AvgIpc) is 3.32. The number of carbonyl (C=O) groups is 1. The van der Waals surface area contributed by atoms with Gasteiger partial charge >= 0.3 is 0 Å². The number of nitrogens with one attached hydrogen (secondary N) is 1. The molecule has 1 aromatic carbocycles. The second-order valence-electron chi connectivity index (χ2n) is 6.22. The van der Waals surface area contributed by atoms with Gasteiger partial charge in [0.15, 0.2) is 11.5 Å². The number of halogens is 1. The Morgan fingerprint density at radius 1 is 1.41 bits per heavy atom. The molecule has 1 amide bonds.